The first-order valence-corrected chi connectivity index (χ1v) is 6.28. The highest BCUT2D eigenvalue weighted by molar-refractivity contribution is 5.71. The molecule has 0 N–H and O–H groups in total. The number of anilines is 1. The lowest BCUT2D eigenvalue weighted by Crippen LogP contribution is -2.08. The van der Waals surface area contributed by atoms with Gasteiger partial charge in [-0.1, -0.05) is 36.4 Å². The molecule has 0 saturated heterocycles. The SMILES string of the molecule is COc1ccc(/C=C/c2cccc(N(C)C)c2)cc1. The van der Waals surface area contributed by atoms with Crippen molar-refractivity contribution in [1.29, 1.82) is 0 Å². The van der Waals surface area contributed by atoms with Crippen LogP contribution in [-0.2, 0) is 0 Å². The minimum atomic E-state index is 0.881. The molecule has 0 spiro atoms. The Hall–Kier alpha value is -2.22. The van der Waals surface area contributed by atoms with E-state index in [1.165, 1.54) is 11.3 Å². The Morgan fingerprint density at radius 1 is 0.895 bits per heavy atom. The predicted molar refractivity (Wildman–Crippen MR) is 82.7 cm³/mol. The van der Waals surface area contributed by atoms with Gasteiger partial charge in [0.2, 0.25) is 0 Å². The number of methoxy groups -OCH3 is 1. The van der Waals surface area contributed by atoms with Gasteiger partial charge in [-0.05, 0) is 35.4 Å². The van der Waals surface area contributed by atoms with Gasteiger partial charge in [0.25, 0.3) is 0 Å². The second-order valence-electron chi connectivity index (χ2n) is 4.60. The topological polar surface area (TPSA) is 12.5 Å². The molecule has 0 atom stereocenters. The molecule has 0 aromatic heterocycles. The summed E-state index contributed by atoms with van der Waals surface area (Å²) in [6.45, 7) is 0. The number of rotatable bonds is 4. The van der Waals surface area contributed by atoms with Crippen LogP contribution < -0.4 is 9.64 Å². The first-order chi connectivity index (χ1) is 9.19. The van der Waals surface area contributed by atoms with E-state index < -0.39 is 0 Å². The lowest BCUT2D eigenvalue weighted by molar-refractivity contribution is 0.415. The average Bonchev–Trinajstić information content (AvgIpc) is 2.46. The van der Waals surface area contributed by atoms with Crippen LogP contribution in [-0.4, -0.2) is 21.2 Å². The van der Waals surface area contributed by atoms with Crippen molar-refractivity contribution in [2.45, 2.75) is 0 Å². The first kappa shape index (κ1) is 13.2. The highest BCUT2D eigenvalue weighted by Crippen LogP contribution is 2.17. The minimum absolute atomic E-state index is 0.881. The van der Waals surface area contributed by atoms with Crippen LogP contribution >= 0.6 is 0 Å². The second-order valence-corrected chi connectivity index (χ2v) is 4.60. The van der Waals surface area contributed by atoms with Crippen molar-refractivity contribution in [2.24, 2.45) is 0 Å². The zero-order valence-corrected chi connectivity index (χ0v) is 11.6. The Bertz CT molecular complexity index is 556. The first-order valence-electron chi connectivity index (χ1n) is 6.28. The highest BCUT2D eigenvalue weighted by atomic mass is 16.5. The molecule has 0 aliphatic rings. The Kier molecular flexibility index (Phi) is 4.24. The normalized spacial score (nSPS) is 10.7. The summed E-state index contributed by atoms with van der Waals surface area (Å²) in [6, 6.07) is 16.5. The molecule has 2 aromatic rings. The maximum atomic E-state index is 5.14. The largest absolute Gasteiger partial charge is 0.497 e. The molecule has 0 radical (unpaired) electrons. The van der Waals surface area contributed by atoms with Gasteiger partial charge in [-0.25, -0.2) is 0 Å². The Balaban J connectivity index is 2.15. The van der Waals surface area contributed by atoms with Gasteiger partial charge in [0.1, 0.15) is 5.75 Å². The van der Waals surface area contributed by atoms with Crippen LogP contribution in [0.3, 0.4) is 0 Å². The maximum absolute atomic E-state index is 5.14. The van der Waals surface area contributed by atoms with E-state index in [2.05, 4.69) is 41.3 Å². The number of benzene rings is 2. The van der Waals surface area contributed by atoms with E-state index in [1.54, 1.807) is 7.11 Å². The van der Waals surface area contributed by atoms with Crippen molar-refractivity contribution in [3.63, 3.8) is 0 Å². The van der Waals surface area contributed by atoms with Gasteiger partial charge in [0.05, 0.1) is 7.11 Å². The lowest BCUT2D eigenvalue weighted by atomic mass is 10.1. The van der Waals surface area contributed by atoms with Crippen LogP contribution in [0.25, 0.3) is 12.2 Å². The number of nitrogens with zero attached hydrogens (tertiary/aromatic N) is 1. The van der Waals surface area contributed by atoms with Gasteiger partial charge >= 0.3 is 0 Å². The molecule has 0 aliphatic heterocycles. The average molecular weight is 253 g/mol. The zero-order chi connectivity index (χ0) is 13.7. The fourth-order valence-electron chi connectivity index (χ4n) is 1.81. The molecule has 0 saturated carbocycles. The van der Waals surface area contributed by atoms with Gasteiger partial charge in [-0.2, -0.15) is 0 Å². The van der Waals surface area contributed by atoms with E-state index in [9.17, 15) is 0 Å². The van der Waals surface area contributed by atoms with Gasteiger partial charge in [-0.3, -0.25) is 0 Å². The quantitative estimate of drug-likeness (QED) is 0.765. The van der Waals surface area contributed by atoms with Crippen LogP contribution in [0.4, 0.5) is 5.69 Å². The van der Waals surface area contributed by atoms with Crippen molar-refractivity contribution >= 4 is 17.8 Å². The molecule has 0 amide bonds. The van der Waals surface area contributed by atoms with Crippen LogP contribution in [0.2, 0.25) is 0 Å². The number of ether oxygens (including phenoxy) is 1. The Morgan fingerprint density at radius 3 is 2.21 bits per heavy atom. The van der Waals surface area contributed by atoms with Gasteiger partial charge in [0.15, 0.2) is 0 Å². The van der Waals surface area contributed by atoms with E-state index in [-0.39, 0.29) is 0 Å². The molecular weight excluding hydrogens is 234 g/mol. The summed E-state index contributed by atoms with van der Waals surface area (Å²) in [6.07, 6.45) is 4.23. The van der Waals surface area contributed by atoms with Crippen LogP contribution in [0.15, 0.2) is 48.5 Å². The lowest BCUT2D eigenvalue weighted by Gasteiger charge is -2.12. The summed E-state index contributed by atoms with van der Waals surface area (Å²) in [7, 11) is 5.77. The summed E-state index contributed by atoms with van der Waals surface area (Å²) in [5.74, 6) is 0.881. The van der Waals surface area contributed by atoms with E-state index in [0.29, 0.717) is 0 Å². The number of hydrogen-bond donors (Lipinski definition) is 0. The van der Waals surface area contributed by atoms with Crippen LogP contribution in [0.1, 0.15) is 11.1 Å². The third kappa shape index (κ3) is 3.62. The Labute approximate surface area is 114 Å². The summed E-state index contributed by atoms with van der Waals surface area (Å²) < 4.78 is 5.14. The monoisotopic (exact) mass is 253 g/mol. The fraction of sp³-hybridized carbons (Fsp3) is 0.176. The molecule has 2 heteroatoms. The van der Waals surface area contributed by atoms with Gasteiger partial charge in [0, 0.05) is 19.8 Å². The standard InChI is InChI=1S/C17H19NO/c1-18(2)16-6-4-5-15(13-16)8-7-14-9-11-17(19-3)12-10-14/h4-13H,1-3H3/b8-7+. The van der Waals surface area contributed by atoms with E-state index >= 15 is 0 Å². The smallest absolute Gasteiger partial charge is 0.118 e. The molecule has 19 heavy (non-hydrogen) atoms. The minimum Gasteiger partial charge on any atom is -0.497 e. The highest BCUT2D eigenvalue weighted by Gasteiger charge is 1.95. The summed E-state index contributed by atoms with van der Waals surface area (Å²) >= 11 is 0. The molecule has 98 valence electrons. The third-order valence-electron chi connectivity index (χ3n) is 2.97. The molecule has 2 rings (SSSR count). The van der Waals surface area contributed by atoms with Crippen molar-refractivity contribution in [2.75, 3.05) is 26.1 Å². The predicted octanol–water partition coefficient (Wildman–Crippen LogP) is 3.93. The number of hydrogen-bond acceptors (Lipinski definition) is 2. The molecule has 0 bridgehead atoms. The summed E-state index contributed by atoms with van der Waals surface area (Å²) in [5.41, 5.74) is 3.56. The summed E-state index contributed by atoms with van der Waals surface area (Å²) in [5, 5.41) is 0. The molecule has 0 heterocycles. The van der Waals surface area contributed by atoms with Crippen LogP contribution in [0, 0.1) is 0 Å². The second kappa shape index (κ2) is 6.10. The van der Waals surface area contributed by atoms with Gasteiger partial charge < -0.3 is 9.64 Å². The van der Waals surface area contributed by atoms with Crippen molar-refractivity contribution < 1.29 is 4.74 Å². The van der Waals surface area contributed by atoms with Crippen molar-refractivity contribution in [3.05, 3.63) is 59.7 Å². The molecule has 0 unspecified atom stereocenters. The summed E-state index contributed by atoms with van der Waals surface area (Å²) in [4.78, 5) is 2.10. The zero-order valence-electron chi connectivity index (χ0n) is 11.6. The maximum Gasteiger partial charge on any atom is 0.118 e. The van der Waals surface area contributed by atoms with Crippen molar-refractivity contribution in [3.8, 4) is 5.75 Å². The van der Waals surface area contributed by atoms with Crippen molar-refractivity contribution in [1.82, 2.24) is 0 Å². The molecular formula is C17H19NO. The van der Waals surface area contributed by atoms with E-state index in [0.717, 1.165) is 11.3 Å². The molecule has 2 nitrogen and oxygen atoms in total. The van der Waals surface area contributed by atoms with Crippen LogP contribution in [0.5, 0.6) is 5.75 Å². The molecule has 0 fully saturated rings. The van der Waals surface area contributed by atoms with Gasteiger partial charge in [-0.15, -0.1) is 0 Å². The fourth-order valence-corrected chi connectivity index (χ4v) is 1.81. The molecule has 0 aliphatic carbocycles. The molecule has 2 aromatic carbocycles. The van der Waals surface area contributed by atoms with E-state index in [4.69, 9.17) is 4.74 Å². The Morgan fingerprint density at radius 2 is 1.58 bits per heavy atom. The van der Waals surface area contributed by atoms with E-state index in [1.807, 2.05) is 38.4 Å². The third-order valence-corrected chi connectivity index (χ3v) is 2.97.